The lowest BCUT2D eigenvalue weighted by atomic mass is 9.89. The Morgan fingerprint density at radius 2 is 1.89 bits per heavy atom. The number of unbranched alkanes of at least 4 members (excludes halogenated alkanes) is 1. The van der Waals surface area contributed by atoms with Crippen molar-refractivity contribution in [1.82, 2.24) is 19.8 Å². The summed E-state index contributed by atoms with van der Waals surface area (Å²) in [6.45, 7) is 10.7. The van der Waals surface area contributed by atoms with Gasteiger partial charge in [-0.3, -0.25) is 0 Å². The molecule has 2 heterocycles. The normalized spacial score (nSPS) is 12.3. The minimum atomic E-state index is -0.0173. The summed E-state index contributed by atoms with van der Waals surface area (Å²) in [5.74, 6) is 0. The van der Waals surface area contributed by atoms with E-state index in [9.17, 15) is 0 Å². The lowest BCUT2D eigenvalue weighted by molar-refractivity contribution is 0.532. The van der Waals surface area contributed by atoms with Gasteiger partial charge >= 0.3 is 0 Å². The van der Waals surface area contributed by atoms with Gasteiger partial charge in [0.2, 0.25) is 0 Å². The fraction of sp³-hybridized carbons (Fsp3) is 0.643. The second-order valence-corrected chi connectivity index (χ2v) is 6.75. The monoisotopic (exact) mass is 324 g/mol. The molecule has 0 unspecified atom stereocenters. The number of hydrogen-bond acceptors (Lipinski definition) is 3. The van der Waals surface area contributed by atoms with Gasteiger partial charge in [0.25, 0.3) is 0 Å². The van der Waals surface area contributed by atoms with E-state index in [1.165, 1.54) is 5.69 Å². The first-order chi connectivity index (χ1) is 8.86. The van der Waals surface area contributed by atoms with Crippen LogP contribution in [0.3, 0.4) is 0 Å². The second kappa shape index (κ2) is 5.19. The molecule has 0 aliphatic heterocycles. The van der Waals surface area contributed by atoms with Crippen molar-refractivity contribution in [3.8, 4) is 0 Å². The first kappa shape index (κ1) is 14.4. The van der Waals surface area contributed by atoms with Gasteiger partial charge in [0, 0.05) is 11.0 Å². The van der Waals surface area contributed by atoms with Gasteiger partial charge in [0.15, 0.2) is 5.65 Å². The van der Waals surface area contributed by atoms with Gasteiger partial charge in [-0.15, -0.1) is 5.10 Å². The first-order valence-electron chi connectivity index (χ1n) is 6.77. The molecule has 0 bridgehead atoms. The van der Waals surface area contributed by atoms with Crippen molar-refractivity contribution in [3.05, 3.63) is 21.6 Å². The quantitative estimate of drug-likeness (QED) is 0.861. The van der Waals surface area contributed by atoms with Gasteiger partial charge in [0.1, 0.15) is 4.60 Å². The molecule has 4 nitrogen and oxygen atoms in total. The van der Waals surface area contributed by atoms with Crippen LogP contribution in [0.25, 0.3) is 5.65 Å². The fourth-order valence-corrected chi connectivity index (χ4v) is 2.51. The zero-order chi connectivity index (χ0) is 14.2. The molecule has 0 amide bonds. The Kier molecular flexibility index (Phi) is 3.95. The third-order valence-corrected chi connectivity index (χ3v) is 4.04. The predicted octanol–water partition coefficient (Wildman–Crippen LogP) is 3.84. The van der Waals surface area contributed by atoms with Gasteiger partial charge in [-0.25, -0.2) is 4.52 Å². The lowest BCUT2D eigenvalue weighted by Gasteiger charge is -2.21. The smallest absolute Gasteiger partial charge is 0.181 e. The van der Waals surface area contributed by atoms with Crippen LogP contribution in [0.2, 0.25) is 0 Å². The van der Waals surface area contributed by atoms with E-state index in [1.807, 2.05) is 11.4 Å². The molecule has 0 fully saturated rings. The van der Waals surface area contributed by atoms with Gasteiger partial charge in [0.05, 0.1) is 11.4 Å². The van der Waals surface area contributed by atoms with Crippen LogP contribution in [0.15, 0.2) is 4.60 Å². The van der Waals surface area contributed by atoms with Crippen LogP contribution in [-0.4, -0.2) is 19.8 Å². The molecule has 0 radical (unpaired) electrons. The highest BCUT2D eigenvalue weighted by atomic mass is 79.9. The Morgan fingerprint density at radius 3 is 2.47 bits per heavy atom. The Morgan fingerprint density at radius 1 is 1.21 bits per heavy atom. The van der Waals surface area contributed by atoms with E-state index >= 15 is 0 Å². The average molecular weight is 325 g/mol. The van der Waals surface area contributed by atoms with Crippen LogP contribution in [0.1, 0.15) is 57.5 Å². The molecule has 19 heavy (non-hydrogen) atoms. The molecule has 104 valence electrons. The SMILES string of the molecule is CCCCc1c(C(C)(C)C)nnc2c(C)c(Br)nn12. The number of fused-ring (bicyclic) bond motifs is 1. The Hall–Kier alpha value is -0.970. The summed E-state index contributed by atoms with van der Waals surface area (Å²) in [5.41, 5.74) is 4.12. The number of hydrogen-bond donors (Lipinski definition) is 0. The summed E-state index contributed by atoms with van der Waals surface area (Å²) < 4.78 is 2.81. The Bertz CT molecular complexity index is 595. The first-order valence-corrected chi connectivity index (χ1v) is 7.56. The molecular weight excluding hydrogens is 304 g/mol. The molecule has 0 saturated carbocycles. The van der Waals surface area contributed by atoms with E-state index in [0.29, 0.717) is 0 Å². The summed E-state index contributed by atoms with van der Waals surface area (Å²) in [6.07, 6.45) is 3.29. The molecule has 0 saturated heterocycles. The van der Waals surface area contributed by atoms with Crippen molar-refractivity contribution >= 4 is 21.6 Å². The highest BCUT2D eigenvalue weighted by Gasteiger charge is 2.24. The van der Waals surface area contributed by atoms with Crippen LogP contribution in [-0.2, 0) is 11.8 Å². The molecule has 0 aromatic carbocycles. The van der Waals surface area contributed by atoms with Gasteiger partial charge in [-0.05, 0) is 35.7 Å². The van der Waals surface area contributed by atoms with Gasteiger partial charge in [-0.1, -0.05) is 34.1 Å². The van der Waals surface area contributed by atoms with Crippen molar-refractivity contribution < 1.29 is 0 Å². The topological polar surface area (TPSA) is 43.1 Å². The Balaban J connectivity index is 2.69. The maximum absolute atomic E-state index is 4.57. The van der Waals surface area contributed by atoms with E-state index in [1.54, 1.807) is 0 Å². The number of aryl methyl sites for hydroxylation is 2. The maximum Gasteiger partial charge on any atom is 0.181 e. The highest BCUT2D eigenvalue weighted by molar-refractivity contribution is 9.10. The molecule has 0 aliphatic rings. The number of aromatic nitrogens is 4. The lowest BCUT2D eigenvalue weighted by Crippen LogP contribution is -2.21. The number of halogens is 1. The molecular formula is C14H21BrN4. The molecule has 2 aromatic heterocycles. The summed E-state index contributed by atoms with van der Waals surface area (Å²) in [6, 6.07) is 0. The molecule has 0 atom stereocenters. The van der Waals surface area contributed by atoms with Gasteiger partial charge in [-0.2, -0.15) is 10.2 Å². The molecule has 2 rings (SSSR count). The van der Waals surface area contributed by atoms with Crippen molar-refractivity contribution in [2.45, 2.75) is 59.3 Å². The third kappa shape index (κ3) is 2.66. The highest BCUT2D eigenvalue weighted by Crippen LogP contribution is 2.27. The van der Waals surface area contributed by atoms with E-state index in [4.69, 9.17) is 0 Å². The summed E-state index contributed by atoms with van der Waals surface area (Å²) in [4.78, 5) is 0. The molecule has 5 heteroatoms. The van der Waals surface area contributed by atoms with Crippen LogP contribution >= 0.6 is 15.9 Å². The minimum Gasteiger partial charge on any atom is -0.214 e. The Labute approximate surface area is 122 Å². The summed E-state index contributed by atoms with van der Waals surface area (Å²) >= 11 is 3.49. The molecule has 0 aliphatic carbocycles. The number of nitrogens with zero attached hydrogens (tertiary/aromatic N) is 4. The van der Waals surface area contributed by atoms with Crippen LogP contribution < -0.4 is 0 Å². The van der Waals surface area contributed by atoms with E-state index < -0.39 is 0 Å². The molecule has 0 N–H and O–H groups in total. The van der Waals surface area contributed by atoms with Crippen LogP contribution in [0.5, 0.6) is 0 Å². The molecule has 0 spiro atoms. The van der Waals surface area contributed by atoms with Crippen molar-refractivity contribution in [2.75, 3.05) is 0 Å². The summed E-state index contributed by atoms with van der Waals surface area (Å²) in [5, 5.41) is 13.4. The van der Waals surface area contributed by atoms with Crippen LogP contribution in [0, 0.1) is 6.92 Å². The average Bonchev–Trinajstić information content (AvgIpc) is 2.61. The number of rotatable bonds is 3. The predicted molar refractivity (Wildman–Crippen MR) is 80.5 cm³/mol. The summed E-state index contributed by atoms with van der Waals surface area (Å²) in [7, 11) is 0. The van der Waals surface area contributed by atoms with E-state index in [-0.39, 0.29) is 5.41 Å². The zero-order valence-electron chi connectivity index (χ0n) is 12.3. The van der Waals surface area contributed by atoms with Crippen molar-refractivity contribution in [1.29, 1.82) is 0 Å². The maximum atomic E-state index is 4.57. The standard InChI is InChI=1S/C14H21BrN4/c1-6-7-8-10-11(14(3,4)5)16-17-13-9(2)12(15)18-19(10)13/h6-8H2,1-5H3. The van der Waals surface area contributed by atoms with E-state index in [2.05, 4.69) is 58.9 Å². The van der Waals surface area contributed by atoms with Crippen molar-refractivity contribution in [3.63, 3.8) is 0 Å². The van der Waals surface area contributed by atoms with Crippen LogP contribution in [0.4, 0.5) is 0 Å². The van der Waals surface area contributed by atoms with Crippen molar-refractivity contribution in [2.24, 2.45) is 0 Å². The third-order valence-electron chi connectivity index (χ3n) is 3.28. The van der Waals surface area contributed by atoms with Gasteiger partial charge < -0.3 is 0 Å². The zero-order valence-corrected chi connectivity index (χ0v) is 13.9. The fourth-order valence-electron chi connectivity index (χ4n) is 2.17. The second-order valence-electron chi connectivity index (χ2n) is 6.00. The minimum absolute atomic E-state index is 0.0173. The van der Waals surface area contributed by atoms with E-state index in [0.717, 1.165) is 40.8 Å². The largest absolute Gasteiger partial charge is 0.214 e. The molecule has 2 aromatic rings.